The average molecular weight is 306 g/mol. The van der Waals surface area contributed by atoms with Gasteiger partial charge in [-0.25, -0.2) is 4.79 Å². The van der Waals surface area contributed by atoms with E-state index in [0.717, 1.165) is 10.9 Å². The Morgan fingerprint density at radius 2 is 2.10 bits per heavy atom. The molecule has 0 aliphatic heterocycles. The van der Waals surface area contributed by atoms with Gasteiger partial charge >= 0.3 is 5.97 Å². The fourth-order valence-corrected chi connectivity index (χ4v) is 2.72. The normalized spacial score (nSPS) is 12.3. The standard InChI is InChI=1S/C15H18N2O3S/c1-17-9-11(10-5-3-4-6-13(10)17)14(18)16-12(15(19)20)7-8-21-2/h3-6,9,12H,7-8H2,1-2H3,(H,16,18)(H,19,20). The highest BCUT2D eigenvalue weighted by molar-refractivity contribution is 7.98. The third-order valence-corrected chi connectivity index (χ3v) is 4.00. The fourth-order valence-electron chi connectivity index (χ4n) is 2.25. The first-order valence-corrected chi connectivity index (χ1v) is 8.00. The molecule has 0 fully saturated rings. The number of nitrogens with zero attached hydrogens (tertiary/aromatic N) is 1. The van der Waals surface area contributed by atoms with Crippen molar-refractivity contribution in [3.8, 4) is 0 Å². The number of aromatic nitrogens is 1. The van der Waals surface area contributed by atoms with Crippen LogP contribution in [-0.4, -0.2) is 39.6 Å². The maximum absolute atomic E-state index is 12.4. The Morgan fingerprint density at radius 1 is 1.38 bits per heavy atom. The monoisotopic (exact) mass is 306 g/mol. The quantitative estimate of drug-likeness (QED) is 0.857. The molecule has 1 aromatic heterocycles. The van der Waals surface area contributed by atoms with E-state index in [1.807, 2.05) is 42.1 Å². The van der Waals surface area contributed by atoms with Gasteiger partial charge in [0.1, 0.15) is 6.04 Å². The molecule has 0 aliphatic carbocycles. The highest BCUT2D eigenvalue weighted by Crippen LogP contribution is 2.20. The van der Waals surface area contributed by atoms with E-state index in [0.29, 0.717) is 17.7 Å². The Bertz CT molecular complexity index is 666. The molecule has 5 nitrogen and oxygen atoms in total. The van der Waals surface area contributed by atoms with E-state index in [1.54, 1.807) is 18.0 Å². The van der Waals surface area contributed by atoms with Crippen LogP contribution in [0.5, 0.6) is 0 Å². The largest absolute Gasteiger partial charge is 0.480 e. The van der Waals surface area contributed by atoms with Gasteiger partial charge < -0.3 is 15.0 Å². The fraction of sp³-hybridized carbons (Fsp3) is 0.333. The summed E-state index contributed by atoms with van der Waals surface area (Å²) in [6.45, 7) is 0. The molecule has 0 radical (unpaired) electrons. The molecular formula is C15H18N2O3S. The van der Waals surface area contributed by atoms with Crippen LogP contribution in [-0.2, 0) is 11.8 Å². The highest BCUT2D eigenvalue weighted by atomic mass is 32.2. The van der Waals surface area contributed by atoms with Crippen molar-refractivity contribution in [2.75, 3.05) is 12.0 Å². The molecule has 1 aromatic carbocycles. The Labute approximate surface area is 127 Å². The van der Waals surface area contributed by atoms with Gasteiger partial charge in [-0.1, -0.05) is 18.2 Å². The molecule has 112 valence electrons. The van der Waals surface area contributed by atoms with Gasteiger partial charge in [0.25, 0.3) is 5.91 Å². The number of carboxylic acids is 1. The molecule has 2 N–H and O–H groups in total. The second kappa shape index (κ2) is 6.67. The number of amides is 1. The number of hydrogen-bond acceptors (Lipinski definition) is 3. The molecule has 0 saturated carbocycles. The molecule has 0 spiro atoms. The van der Waals surface area contributed by atoms with E-state index in [-0.39, 0.29) is 5.91 Å². The van der Waals surface area contributed by atoms with Crippen molar-refractivity contribution in [3.63, 3.8) is 0 Å². The zero-order valence-corrected chi connectivity index (χ0v) is 12.8. The van der Waals surface area contributed by atoms with E-state index >= 15 is 0 Å². The Balaban J connectivity index is 2.23. The minimum Gasteiger partial charge on any atom is -0.480 e. The van der Waals surface area contributed by atoms with E-state index < -0.39 is 12.0 Å². The summed E-state index contributed by atoms with van der Waals surface area (Å²) in [7, 11) is 1.86. The molecule has 6 heteroatoms. The maximum atomic E-state index is 12.4. The Kier molecular flexibility index (Phi) is 4.90. The lowest BCUT2D eigenvalue weighted by molar-refractivity contribution is -0.139. The molecule has 2 rings (SSSR count). The van der Waals surface area contributed by atoms with Gasteiger partial charge in [-0.15, -0.1) is 0 Å². The Morgan fingerprint density at radius 3 is 2.76 bits per heavy atom. The van der Waals surface area contributed by atoms with E-state index in [9.17, 15) is 14.7 Å². The number of carbonyl (C=O) groups excluding carboxylic acids is 1. The number of thioether (sulfide) groups is 1. The van der Waals surface area contributed by atoms with Crippen molar-refractivity contribution in [2.24, 2.45) is 7.05 Å². The minimum atomic E-state index is -1.00. The molecular weight excluding hydrogens is 288 g/mol. The van der Waals surface area contributed by atoms with Crippen LogP contribution >= 0.6 is 11.8 Å². The molecule has 1 amide bonds. The molecule has 2 aromatic rings. The van der Waals surface area contributed by atoms with Gasteiger partial charge in [0.05, 0.1) is 5.56 Å². The summed E-state index contributed by atoms with van der Waals surface area (Å²) in [5, 5.41) is 12.6. The first kappa shape index (κ1) is 15.4. The van der Waals surface area contributed by atoms with Gasteiger partial charge in [-0.2, -0.15) is 11.8 Å². The summed E-state index contributed by atoms with van der Waals surface area (Å²) in [5.74, 6) is -0.662. The van der Waals surface area contributed by atoms with E-state index in [2.05, 4.69) is 5.32 Å². The van der Waals surface area contributed by atoms with Crippen LogP contribution < -0.4 is 5.32 Å². The lowest BCUT2D eigenvalue weighted by atomic mass is 10.1. The average Bonchev–Trinajstić information content (AvgIpc) is 2.81. The van der Waals surface area contributed by atoms with E-state index in [4.69, 9.17) is 0 Å². The number of fused-ring (bicyclic) bond motifs is 1. The molecule has 0 aliphatic rings. The van der Waals surface area contributed by atoms with Gasteiger partial charge in [0.15, 0.2) is 0 Å². The van der Waals surface area contributed by atoms with Gasteiger partial charge in [0, 0.05) is 24.1 Å². The summed E-state index contributed by atoms with van der Waals surface area (Å²) < 4.78 is 1.86. The predicted molar refractivity (Wildman–Crippen MR) is 84.8 cm³/mol. The zero-order chi connectivity index (χ0) is 15.4. The molecule has 21 heavy (non-hydrogen) atoms. The van der Waals surface area contributed by atoms with E-state index in [1.165, 1.54) is 0 Å². The lowest BCUT2D eigenvalue weighted by Gasteiger charge is -2.13. The van der Waals surface area contributed by atoms with Crippen LogP contribution in [0.3, 0.4) is 0 Å². The number of carbonyl (C=O) groups is 2. The summed E-state index contributed by atoms with van der Waals surface area (Å²) in [5.41, 5.74) is 1.45. The second-order valence-electron chi connectivity index (χ2n) is 4.82. The minimum absolute atomic E-state index is 0.347. The van der Waals surface area contributed by atoms with Crippen molar-refractivity contribution in [1.82, 2.24) is 9.88 Å². The van der Waals surface area contributed by atoms with Gasteiger partial charge in [0.2, 0.25) is 0 Å². The smallest absolute Gasteiger partial charge is 0.326 e. The second-order valence-corrected chi connectivity index (χ2v) is 5.80. The third kappa shape index (κ3) is 3.39. The van der Waals surface area contributed by atoms with Gasteiger partial charge in [-0.3, -0.25) is 4.79 Å². The molecule has 0 saturated heterocycles. The van der Waals surface area contributed by atoms with Crippen molar-refractivity contribution in [3.05, 3.63) is 36.0 Å². The summed E-state index contributed by atoms with van der Waals surface area (Å²) in [6.07, 6.45) is 4.05. The molecule has 1 heterocycles. The predicted octanol–water partition coefficient (Wildman–Crippen LogP) is 2.11. The van der Waals surface area contributed by atoms with Crippen LogP contribution in [0.15, 0.2) is 30.5 Å². The topological polar surface area (TPSA) is 71.3 Å². The molecule has 1 atom stereocenters. The lowest BCUT2D eigenvalue weighted by Crippen LogP contribution is -2.41. The third-order valence-electron chi connectivity index (χ3n) is 3.36. The summed E-state index contributed by atoms with van der Waals surface area (Å²) in [6, 6.07) is 6.70. The van der Waals surface area contributed by atoms with Crippen LogP contribution in [0.4, 0.5) is 0 Å². The first-order valence-electron chi connectivity index (χ1n) is 6.61. The van der Waals surface area contributed by atoms with Crippen LogP contribution in [0.2, 0.25) is 0 Å². The van der Waals surface area contributed by atoms with Crippen molar-refractivity contribution in [2.45, 2.75) is 12.5 Å². The summed E-state index contributed by atoms with van der Waals surface area (Å²) >= 11 is 1.56. The van der Waals surface area contributed by atoms with Crippen LogP contribution in [0.1, 0.15) is 16.8 Å². The highest BCUT2D eigenvalue weighted by Gasteiger charge is 2.22. The summed E-state index contributed by atoms with van der Waals surface area (Å²) in [4.78, 5) is 23.6. The maximum Gasteiger partial charge on any atom is 0.326 e. The number of benzene rings is 1. The number of carboxylic acid groups (broad SMARTS) is 1. The van der Waals surface area contributed by atoms with Crippen molar-refractivity contribution >= 4 is 34.5 Å². The van der Waals surface area contributed by atoms with Crippen LogP contribution in [0, 0.1) is 0 Å². The molecule has 0 bridgehead atoms. The number of hydrogen-bond donors (Lipinski definition) is 2. The SMILES string of the molecule is CSCCC(NC(=O)c1cn(C)c2ccccc12)C(=O)O. The van der Waals surface area contributed by atoms with Crippen molar-refractivity contribution < 1.29 is 14.7 Å². The van der Waals surface area contributed by atoms with Crippen LogP contribution in [0.25, 0.3) is 10.9 Å². The van der Waals surface area contributed by atoms with Gasteiger partial charge in [-0.05, 0) is 24.5 Å². The zero-order valence-electron chi connectivity index (χ0n) is 12.0. The first-order chi connectivity index (χ1) is 10.0. The van der Waals surface area contributed by atoms with Crippen molar-refractivity contribution in [1.29, 1.82) is 0 Å². The number of rotatable bonds is 6. The number of nitrogens with one attached hydrogen (secondary N) is 1. The molecule has 1 unspecified atom stereocenters. The number of aryl methyl sites for hydroxylation is 1. The Hall–Kier alpha value is -1.95. The number of para-hydroxylation sites is 1. The number of aliphatic carboxylic acids is 1.